The summed E-state index contributed by atoms with van der Waals surface area (Å²) in [5.41, 5.74) is -0.148. The van der Waals surface area contributed by atoms with Crippen molar-refractivity contribution in [3.05, 3.63) is 29.8 Å². The molecule has 1 saturated heterocycles. The molecule has 1 aliphatic heterocycles. The summed E-state index contributed by atoms with van der Waals surface area (Å²) in [4.78, 5) is 13.1. The zero-order valence-electron chi connectivity index (χ0n) is 16.5. The number of aliphatic hydroxyl groups is 1. The van der Waals surface area contributed by atoms with E-state index in [1.54, 1.807) is 13.8 Å². The van der Waals surface area contributed by atoms with Crippen LogP contribution in [0.3, 0.4) is 0 Å². The molecule has 6 heteroatoms. The minimum Gasteiger partial charge on any atom is -0.493 e. The molecule has 2 fully saturated rings. The Morgan fingerprint density at radius 2 is 2.00 bits per heavy atom. The highest BCUT2D eigenvalue weighted by Gasteiger charge is 2.45. The Bertz CT molecular complexity index is 653. The normalized spacial score (nSPS) is 23.9. The molecule has 1 aromatic rings. The van der Waals surface area contributed by atoms with Crippen LogP contribution in [-0.2, 0) is 4.74 Å². The van der Waals surface area contributed by atoms with Gasteiger partial charge in [-0.25, -0.2) is 4.79 Å². The van der Waals surface area contributed by atoms with Gasteiger partial charge in [0.2, 0.25) is 0 Å². The van der Waals surface area contributed by atoms with Gasteiger partial charge in [-0.1, -0.05) is 17.7 Å². The van der Waals surface area contributed by atoms with Gasteiger partial charge >= 0.3 is 6.09 Å². The Kier molecular flexibility index (Phi) is 5.68. The van der Waals surface area contributed by atoms with Crippen molar-refractivity contribution in [1.29, 1.82) is 0 Å². The Hall–Kier alpha value is -1.79. The predicted octanol–water partition coefficient (Wildman–Crippen LogP) is 3.80. The maximum absolute atomic E-state index is 11.7. The number of nitrogens with zero attached hydrogens (tertiary/aromatic N) is 1. The fraction of sp³-hybridized carbons (Fsp3) is 0.667. The summed E-state index contributed by atoms with van der Waals surface area (Å²) in [5.74, 6) is 0.967. The zero-order chi connectivity index (χ0) is 19.7. The van der Waals surface area contributed by atoms with Crippen LogP contribution in [-0.4, -0.2) is 51.8 Å². The molecular weight excluding hydrogens is 346 g/mol. The average molecular weight is 377 g/mol. The lowest BCUT2D eigenvalue weighted by Gasteiger charge is -2.32. The minimum atomic E-state index is -0.957. The van der Waals surface area contributed by atoms with E-state index in [0.29, 0.717) is 19.6 Å². The second-order valence-electron chi connectivity index (χ2n) is 8.55. The number of rotatable bonds is 8. The molecule has 1 aliphatic carbocycles. The Labute approximate surface area is 161 Å². The molecule has 2 atom stereocenters. The van der Waals surface area contributed by atoms with Crippen LogP contribution >= 0.6 is 0 Å². The fourth-order valence-electron chi connectivity index (χ4n) is 3.81. The lowest BCUT2D eigenvalue weighted by atomic mass is 9.93. The molecule has 1 amide bonds. The van der Waals surface area contributed by atoms with Crippen LogP contribution in [0.25, 0.3) is 0 Å². The number of hydrogen-bond donors (Lipinski definition) is 2. The van der Waals surface area contributed by atoms with Crippen molar-refractivity contribution < 1.29 is 24.5 Å². The van der Waals surface area contributed by atoms with Crippen LogP contribution in [0, 0.1) is 12.8 Å². The third-order valence-corrected chi connectivity index (χ3v) is 5.74. The predicted molar refractivity (Wildman–Crippen MR) is 102 cm³/mol. The van der Waals surface area contributed by atoms with Gasteiger partial charge in [0, 0.05) is 0 Å². The van der Waals surface area contributed by atoms with E-state index >= 15 is 0 Å². The van der Waals surface area contributed by atoms with E-state index in [1.165, 1.54) is 10.5 Å². The summed E-state index contributed by atoms with van der Waals surface area (Å²) in [6.45, 7) is 6.50. The largest absolute Gasteiger partial charge is 0.493 e. The van der Waals surface area contributed by atoms with Gasteiger partial charge < -0.3 is 19.7 Å². The average Bonchev–Trinajstić information content (AvgIpc) is 3.25. The monoisotopic (exact) mass is 377 g/mol. The first kappa shape index (κ1) is 20.0. The van der Waals surface area contributed by atoms with E-state index < -0.39 is 17.4 Å². The van der Waals surface area contributed by atoms with Gasteiger partial charge in [0.15, 0.2) is 0 Å². The molecule has 0 bridgehead atoms. The number of aryl methyl sites for hydroxylation is 1. The van der Waals surface area contributed by atoms with Crippen molar-refractivity contribution in [3.63, 3.8) is 0 Å². The first-order valence-corrected chi connectivity index (χ1v) is 9.77. The van der Waals surface area contributed by atoms with E-state index in [0.717, 1.165) is 31.4 Å². The van der Waals surface area contributed by atoms with Crippen molar-refractivity contribution >= 4 is 6.09 Å². The van der Waals surface area contributed by atoms with Crippen LogP contribution in [0.4, 0.5) is 4.79 Å². The molecule has 0 radical (unpaired) electrons. The Balaban J connectivity index is 1.63. The fourth-order valence-corrected chi connectivity index (χ4v) is 3.81. The molecule has 27 heavy (non-hydrogen) atoms. The summed E-state index contributed by atoms with van der Waals surface area (Å²) < 4.78 is 11.7. The van der Waals surface area contributed by atoms with Crippen molar-refractivity contribution in [2.45, 2.75) is 70.2 Å². The van der Waals surface area contributed by atoms with Crippen molar-refractivity contribution in [3.8, 4) is 5.75 Å². The number of hydrogen-bond acceptors (Lipinski definition) is 4. The van der Waals surface area contributed by atoms with Crippen LogP contribution in [0.5, 0.6) is 5.75 Å². The summed E-state index contributed by atoms with van der Waals surface area (Å²) in [6, 6.07) is 7.73. The smallest absolute Gasteiger partial charge is 0.409 e. The SMILES string of the molecule is Cc1ccc(OC[C@H](CCC2(O)CC2)CC2COC(C)(C)N2C(=O)O)cc1. The van der Waals surface area contributed by atoms with Gasteiger partial charge in [-0.2, -0.15) is 0 Å². The second kappa shape index (κ2) is 7.68. The van der Waals surface area contributed by atoms with E-state index in [4.69, 9.17) is 9.47 Å². The molecule has 3 rings (SSSR count). The molecular formula is C21H31NO5. The van der Waals surface area contributed by atoms with Crippen molar-refractivity contribution in [2.75, 3.05) is 13.2 Å². The quantitative estimate of drug-likeness (QED) is 0.720. The minimum absolute atomic E-state index is 0.153. The molecule has 1 saturated carbocycles. The van der Waals surface area contributed by atoms with Gasteiger partial charge in [-0.05, 0) is 70.9 Å². The van der Waals surface area contributed by atoms with E-state index in [-0.39, 0.29) is 12.0 Å². The van der Waals surface area contributed by atoms with E-state index in [2.05, 4.69) is 0 Å². The maximum atomic E-state index is 11.7. The number of benzene rings is 1. The Morgan fingerprint density at radius 3 is 2.59 bits per heavy atom. The highest BCUT2D eigenvalue weighted by atomic mass is 16.5. The number of carboxylic acid groups (broad SMARTS) is 1. The number of carbonyl (C=O) groups is 1. The summed E-state index contributed by atoms with van der Waals surface area (Å²) in [6.07, 6.45) is 2.98. The van der Waals surface area contributed by atoms with Gasteiger partial charge in [0.05, 0.1) is 24.9 Å². The molecule has 1 aromatic carbocycles. The molecule has 0 spiro atoms. The van der Waals surface area contributed by atoms with E-state index in [1.807, 2.05) is 31.2 Å². The van der Waals surface area contributed by atoms with Crippen LogP contribution < -0.4 is 4.74 Å². The summed E-state index contributed by atoms with van der Waals surface area (Å²) in [5, 5.41) is 19.8. The molecule has 2 aliphatic rings. The molecule has 0 aromatic heterocycles. The summed E-state index contributed by atoms with van der Waals surface area (Å²) >= 11 is 0. The van der Waals surface area contributed by atoms with Crippen molar-refractivity contribution in [1.82, 2.24) is 4.90 Å². The zero-order valence-corrected chi connectivity index (χ0v) is 16.5. The molecule has 1 unspecified atom stereocenters. The van der Waals surface area contributed by atoms with Crippen LogP contribution in [0.2, 0.25) is 0 Å². The van der Waals surface area contributed by atoms with Crippen molar-refractivity contribution in [2.24, 2.45) is 5.92 Å². The lowest BCUT2D eigenvalue weighted by molar-refractivity contribution is -0.0427. The molecule has 2 N–H and O–H groups in total. The first-order chi connectivity index (χ1) is 12.7. The molecule has 6 nitrogen and oxygen atoms in total. The first-order valence-electron chi connectivity index (χ1n) is 9.77. The Morgan fingerprint density at radius 1 is 1.33 bits per heavy atom. The van der Waals surface area contributed by atoms with Gasteiger partial charge in [-0.15, -0.1) is 0 Å². The van der Waals surface area contributed by atoms with E-state index in [9.17, 15) is 15.0 Å². The standard InChI is InChI=1S/C21H31NO5/c1-15-4-6-18(7-5-15)26-13-16(8-9-21(25)10-11-21)12-17-14-27-20(2,3)22(17)19(23)24/h4-7,16-17,25H,8-14H2,1-3H3,(H,23,24)/t16-,17?/m1/s1. The van der Waals surface area contributed by atoms with Crippen LogP contribution in [0.1, 0.15) is 51.5 Å². The lowest BCUT2D eigenvalue weighted by Crippen LogP contribution is -2.47. The highest BCUT2D eigenvalue weighted by molar-refractivity contribution is 5.66. The highest BCUT2D eigenvalue weighted by Crippen LogP contribution is 2.41. The summed E-state index contributed by atoms with van der Waals surface area (Å²) in [7, 11) is 0. The third kappa shape index (κ3) is 5.14. The molecule has 150 valence electrons. The topological polar surface area (TPSA) is 79.2 Å². The van der Waals surface area contributed by atoms with Gasteiger partial charge in [0.1, 0.15) is 11.5 Å². The van der Waals surface area contributed by atoms with Gasteiger partial charge in [0.25, 0.3) is 0 Å². The second-order valence-corrected chi connectivity index (χ2v) is 8.55. The van der Waals surface area contributed by atoms with Gasteiger partial charge in [-0.3, -0.25) is 4.90 Å². The maximum Gasteiger partial charge on any atom is 0.409 e. The van der Waals surface area contributed by atoms with Crippen LogP contribution in [0.15, 0.2) is 24.3 Å². The third-order valence-electron chi connectivity index (χ3n) is 5.74. The molecule has 1 heterocycles. The number of ether oxygens (including phenoxy) is 2. The number of amides is 1.